The summed E-state index contributed by atoms with van der Waals surface area (Å²) in [6, 6.07) is 6.94. The Morgan fingerprint density at radius 3 is 2.38 bits per heavy atom. The molecule has 0 amide bonds. The first kappa shape index (κ1) is 17.6. The van der Waals surface area contributed by atoms with Crippen LogP contribution in [0.25, 0.3) is 0 Å². The second kappa shape index (κ2) is 8.78. The Balaban J connectivity index is 2.56. The van der Waals surface area contributed by atoms with Crippen molar-refractivity contribution < 1.29 is 4.74 Å². The molecule has 0 unspecified atom stereocenters. The molecular formula is C17H31N3O. The first-order chi connectivity index (χ1) is 9.93. The molecule has 0 aromatic heterocycles. The van der Waals surface area contributed by atoms with Crippen LogP contribution in [0.3, 0.4) is 0 Å². The number of anilines is 2. The van der Waals surface area contributed by atoms with Crippen LogP contribution in [0.15, 0.2) is 18.2 Å². The average Bonchev–Trinajstić information content (AvgIpc) is 2.40. The van der Waals surface area contributed by atoms with Gasteiger partial charge in [-0.15, -0.1) is 0 Å². The van der Waals surface area contributed by atoms with E-state index in [1.54, 1.807) is 0 Å². The zero-order valence-corrected chi connectivity index (χ0v) is 14.1. The predicted octanol–water partition coefficient (Wildman–Crippen LogP) is 3.59. The highest BCUT2D eigenvalue weighted by atomic mass is 16.5. The maximum Gasteiger partial charge on any atom is 0.123 e. The molecule has 21 heavy (non-hydrogen) atoms. The number of nitrogen functional groups attached to an aromatic ring is 1. The molecule has 4 nitrogen and oxygen atoms in total. The lowest BCUT2D eigenvalue weighted by molar-refractivity contribution is 0.182. The molecule has 4 heteroatoms. The van der Waals surface area contributed by atoms with Gasteiger partial charge in [0.05, 0.1) is 6.61 Å². The van der Waals surface area contributed by atoms with Crippen LogP contribution >= 0.6 is 0 Å². The summed E-state index contributed by atoms with van der Waals surface area (Å²) in [5, 5.41) is 3.44. The average molecular weight is 293 g/mol. The van der Waals surface area contributed by atoms with Gasteiger partial charge in [-0.05, 0) is 40.2 Å². The summed E-state index contributed by atoms with van der Waals surface area (Å²) in [6.45, 7) is 13.7. The standard InChI is InChI=1S/C17H31N3O/c1-6-9-21-17-11-15(18)10-16(12-17)19-7-8-20(13(2)3)14(4)5/h10-14,19H,6-9,18H2,1-5H3. The van der Waals surface area contributed by atoms with E-state index in [0.717, 1.165) is 43.2 Å². The molecule has 1 aromatic carbocycles. The number of ether oxygens (including phenoxy) is 1. The van der Waals surface area contributed by atoms with E-state index in [1.807, 2.05) is 18.2 Å². The quantitative estimate of drug-likeness (QED) is 0.683. The van der Waals surface area contributed by atoms with E-state index < -0.39 is 0 Å². The van der Waals surface area contributed by atoms with Gasteiger partial charge < -0.3 is 15.8 Å². The third-order valence-corrected chi connectivity index (χ3v) is 3.43. The molecule has 0 saturated carbocycles. The van der Waals surface area contributed by atoms with Crippen LogP contribution < -0.4 is 15.8 Å². The van der Waals surface area contributed by atoms with Crippen molar-refractivity contribution in [1.29, 1.82) is 0 Å². The van der Waals surface area contributed by atoms with Crippen molar-refractivity contribution in [2.75, 3.05) is 30.7 Å². The van der Waals surface area contributed by atoms with E-state index in [9.17, 15) is 0 Å². The summed E-state index contributed by atoms with van der Waals surface area (Å²) < 4.78 is 5.65. The van der Waals surface area contributed by atoms with Crippen LogP contribution in [-0.2, 0) is 0 Å². The third kappa shape index (κ3) is 6.25. The molecule has 1 rings (SSSR count). The number of nitrogens with one attached hydrogen (secondary N) is 1. The number of rotatable bonds is 9. The van der Waals surface area contributed by atoms with Crippen molar-refractivity contribution in [1.82, 2.24) is 4.90 Å². The van der Waals surface area contributed by atoms with Gasteiger partial charge in [0.15, 0.2) is 0 Å². The second-order valence-corrected chi connectivity index (χ2v) is 5.99. The molecule has 0 atom stereocenters. The van der Waals surface area contributed by atoms with Gasteiger partial charge in [-0.2, -0.15) is 0 Å². The summed E-state index contributed by atoms with van der Waals surface area (Å²) in [4.78, 5) is 2.47. The number of benzene rings is 1. The molecule has 0 fully saturated rings. The molecule has 0 aliphatic heterocycles. The van der Waals surface area contributed by atoms with Crippen LogP contribution in [0.1, 0.15) is 41.0 Å². The minimum Gasteiger partial charge on any atom is -0.493 e. The SMILES string of the molecule is CCCOc1cc(N)cc(NCCN(C(C)C)C(C)C)c1. The van der Waals surface area contributed by atoms with E-state index in [0.29, 0.717) is 12.1 Å². The van der Waals surface area contributed by atoms with Gasteiger partial charge in [-0.3, -0.25) is 4.90 Å². The van der Waals surface area contributed by atoms with Crippen LogP contribution in [0.5, 0.6) is 5.75 Å². The summed E-state index contributed by atoms with van der Waals surface area (Å²) in [5.74, 6) is 0.837. The highest BCUT2D eigenvalue weighted by Gasteiger charge is 2.12. The fourth-order valence-electron chi connectivity index (χ4n) is 2.47. The Hall–Kier alpha value is -1.42. The molecular weight excluding hydrogens is 262 g/mol. The minimum absolute atomic E-state index is 0.552. The summed E-state index contributed by atoms with van der Waals surface area (Å²) in [7, 11) is 0. The van der Waals surface area contributed by atoms with Crippen molar-refractivity contribution in [3.8, 4) is 5.75 Å². The Kier molecular flexibility index (Phi) is 7.37. The lowest BCUT2D eigenvalue weighted by Gasteiger charge is -2.30. The van der Waals surface area contributed by atoms with E-state index in [-0.39, 0.29) is 0 Å². The van der Waals surface area contributed by atoms with E-state index in [1.165, 1.54) is 0 Å². The van der Waals surface area contributed by atoms with Gasteiger partial charge in [0.25, 0.3) is 0 Å². The Morgan fingerprint density at radius 1 is 1.14 bits per heavy atom. The molecule has 0 aliphatic rings. The summed E-state index contributed by atoms with van der Waals surface area (Å²) in [6.07, 6.45) is 0.995. The summed E-state index contributed by atoms with van der Waals surface area (Å²) >= 11 is 0. The number of hydrogen-bond acceptors (Lipinski definition) is 4. The molecule has 0 spiro atoms. The van der Waals surface area contributed by atoms with Gasteiger partial charge in [0, 0.05) is 48.7 Å². The second-order valence-electron chi connectivity index (χ2n) is 5.99. The third-order valence-electron chi connectivity index (χ3n) is 3.43. The maximum atomic E-state index is 5.93. The number of hydrogen-bond donors (Lipinski definition) is 2. The van der Waals surface area contributed by atoms with Crippen LogP contribution in [0, 0.1) is 0 Å². The van der Waals surface area contributed by atoms with Gasteiger partial charge in [-0.25, -0.2) is 0 Å². The van der Waals surface area contributed by atoms with Crippen molar-refractivity contribution in [3.05, 3.63) is 18.2 Å². The first-order valence-electron chi connectivity index (χ1n) is 7.97. The number of nitrogens with zero attached hydrogens (tertiary/aromatic N) is 1. The van der Waals surface area contributed by atoms with Crippen LogP contribution in [0.4, 0.5) is 11.4 Å². The largest absolute Gasteiger partial charge is 0.493 e. The summed E-state index contributed by atoms with van der Waals surface area (Å²) in [5.41, 5.74) is 7.68. The molecule has 0 aliphatic carbocycles. The van der Waals surface area contributed by atoms with E-state index in [2.05, 4.69) is 44.8 Å². The van der Waals surface area contributed by atoms with Gasteiger partial charge >= 0.3 is 0 Å². The molecule has 0 saturated heterocycles. The molecule has 0 bridgehead atoms. The zero-order valence-electron chi connectivity index (χ0n) is 14.1. The van der Waals surface area contributed by atoms with Gasteiger partial charge in [-0.1, -0.05) is 6.92 Å². The molecule has 3 N–H and O–H groups in total. The molecule has 0 radical (unpaired) electrons. The topological polar surface area (TPSA) is 50.5 Å². The highest BCUT2D eigenvalue weighted by molar-refractivity contribution is 5.59. The monoisotopic (exact) mass is 293 g/mol. The fraction of sp³-hybridized carbons (Fsp3) is 0.647. The van der Waals surface area contributed by atoms with Crippen molar-refractivity contribution >= 4 is 11.4 Å². The first-order valence-corrected chi connectivity index (χ1v) is 7.97. The van der Waals surface area contributed by atoms with Gasteiger partial charge in [0.2, 0.25) is 0 Å². The van der Waals surface area contributed by atoms with Crippen molar-refractivity contribution in [2.24, 2.45) is 0 Å². The predicted molar refractivity (Wildman–Crippen MR) is 92.1 cm³/mol. The van der Waals surface area contributed by atoms with E-state index in [4.69, 9.17) is 10.5 Å². The van der Waals surface area contributed by atoms with Crippen molar-refractivity contribution in [3.63, 3.8) is 0 Å². The smallest absolute Gasteiger partial charge is 0.123 e. The number of nitrogens with two attached hydrogens (primary N) is 1. The molecule has 0 heterocycles. The zero-order chi connectivity index (χ0) is 15.8. The van der Waals surface area contributed by atoms with Gasteiger partial charge in [0.1, 0.15) is 5.75 Å². The molecule has 1 aromatic rings. The normalized spacial score (nSPS) is 11.4. The van der Waals surface area contributed by atoms with Crippen LogP contribution in [0.2, 0.25) is 0 Å². The highest BCUT2D eigenvalue weighted by Crippen LogP contribution is 2.22. The lowest BCUT2D eigenvalue weighted by Crippen LogP contribution is -2.40. The van der Waals surface area contributed by atoms with Crippen LogP contribution in [-0.4, -0.2) is 36.7 Å². The Bertz CT molecular complexity index is 410. The van der Waals surface area contributed by atoms with E-state index >= 15 is 0 Å². The minimum atomic E-state index is 0.552. The maximum absolute atomic E-state index is 5.93. The fourth-order valence-corrected chi connectivity index (χ4v) is 2.47. The Morgan fingerprint density at radius 2 is 1.81 bits per heavy atom. The lowest BCUT2D eigenvalue weighted by atomic mass is 10.2. The molecule has 120 valence electrons. The Labute approximate surface area is 129 Å². The van der Waals surface area contributed by atoms with Crippen molar-refractivity contribution in [2.45, 2.75) is 53.1 Å².